The summed E-state index contributed by atoms with van der Waals surface area (Å²) in [6.45, 7) is 4.36. The molecular formula is C15H19Cl2N3O2. The number of carbonyl (C=O) groups is 2. The Bertz CT molecular complexity index is 566. The highest BCUT2D eigenvalue weighted by Crippen LogP contribution is 2.20. The second kappa shape index (κ2) is 7.70. The van der Waals surface area contributed by atoms with Gasteiger partial charge in [0.05, 0.1) is 0 Å². The van der Waals surface area contributed by atoms with Crippen LogP contribution in [0.25, 0.3) is 0 Å². The van der Waals surface area contributed by atoms with Gasteiger partial charge in [0.1, 0.15) is 0 Å². The van der Waals surface area contributed by atoms with Crippen LogP contribution in [0.5, 0.6) is 0 Å². The van der Waals surface area contributed by atoms with E-state index in [1.807, 2.05) is 0 Å². The van der Waals surface area contributed by atoms with E-state index in [9.17, 15) is 9.59 Å². The van der Waals surface area contributed by atoms with E-state index >= 15 is 0 Å². The molecular weight excluding hydrogens is 325 g/mol. The molecule has 7 heteroatoms. The quantitative estimate of drug-likeness (QED) is 0.897. The number of nitrogens with zero attached hydrogens (tertiary/aromatic N) is 2. The molecule has 2 rings (SSSR count). The molecule has 1 fully saturated rings. The number of halogens is 2. The molecule has 0 spiro atoms. The van der Waals surface area contributed by atoms with Gasteiger partial charge in [0.15, 0.2) is 0 Å². The fourth-order valence-electron chi connectivity index (χ4n) is 2.38. The molecule has 0 saturated carbocycles. The van der Waals surface area contributed by atoms with Crippen molar-refractivity contribution in [2.75, 3.05) is 26.2 Å². The topological polar surface area (TPSA) is 52.7 Å². The standard InChI is InChI=1S/C15H19Cl2N3O2/c1-11(21)19-5-2-6-20(8-7-19)15(22)18-10-12-3-4-13(16)9-14(12)17/h3-4,9H,2,5-8,10H2,1H3,(H,18,22). The van der Waals surface area contributed by atoms with Gasteiger partial charge in [-0.05, 0) is 24.1 Å². The molecule has 120 valence electrons. The number of hydrogen-bond donors (Lipinski definition) is 1. The van der Waals surface area contributed by atoms with Crippen molar-refractivity contribution >= 4 is 35.1 Å². The molecule has 1 aliphatic rings. The Morgan fingerprint density at radius 1 is 1.14 bits per heavy atom. The summed E-state index contributed by atoms with van der Waals surface area (Å²) >= 11 is 11.9. The van der Waals surface area contributed by atoms with E-state index in [4.69, 9.17) is 23.2 Å². The predicted molar refractivity (Wildman–Crippen MR) is 87.1 cm³/mol. The van der Waals surface area contributed by atoms with E-state index in [-0.39, 0.29) is 11.9 Å². The van der Waals surface area contributed by atoms with Crippen LogP contribution in [0.2, 0.25) is 10.0 Å². The van der Waals surface area contributed by atoms with Crippen molar-refractivity contribution in [3.05, 3.63) is 33.8 Å². The number of carbonyl (C=O) groups excluding carboxylic acids is 2. The van der Waals surface area contributed by atoms with Crippen LogP contribution in [-0.4, -0.2) is 47.9 Å². The van der Waals surface area contributed by atoms with Crippen molar-refractivity contribution < 1.29 is 9.59 Å². The lowest BCUT2D eigenvalue weighted by molar-refractivity contribution is -0.128. The van der Waals surface area contributed by atoms with Crippen LogP contribution in [0.3, 0.4) is 0 Å². The third-order valence-corrected chi connectivity index (χ3v) is 4.26. The Morgan fingerprint density at radius 2 is 1.82 bits per heavy atom. The highest BCUT2D eigenvalue weighted by molar-refractivity contribution is 6.35. The first kappa shape index (κ1) is 16.9. The summed E-state index contributed by atoms with van der Waals surface area (Å²) in [5.74, 6) is 0.0511. The average molecular weight is 344 g/mol. The van der Waals surface area contributed by atoms with E-state index in [1.165, 1.54) is 0 Å². The molecule has 1 aliphatic heterocycles. The maximum absolute atomic E-state index is 12.2. The van der Waals surface area contributed by atoms with Gasteiger partial charge >= 0.3 is 6.03 Å². The minimum atomic E-state index is -0.142. The smallest absolute Gasteiger partial charge is 0.317 e. The highest BCUT2D eigenvalue weighted by Gasteiger charge is 2.20. The maximum atomic E-state index is 12.2. The number of benzene rings is 1. The van der Waals surface area contributed by atoms with E-state index < -0.39 is 0 Å². The van der Waals surface area contributed by atoms with Crippen molar-refractivity contribution in [1.29, 1.82) is 0 Å². The molecule has 3 amide bonds. The number of rotatable bonds is 2. The molecule has 0 bridgehead atoms. The van der Waals surface area contributed by atoms with Crippen molar-refractivity contribution in [2.45, 2.75) is 19.9 Å². The lowest BCUT2D eigenvalue weighted by Crippen LogP contribution is -2.42. The van der Waals surface area contributed by atoms with Crippen LogP contribution in [0.15, 0.2) is 18.2 Å². The molecule has 0 atom stereocenters. The Labute approximate surface area is 140 Å². The first-order valence-electron chi connectivity index (χ1n) is 7.19. The Morgan fingerprint density at radius 3 is 2.50 bits per heavy atom. The molecule has 0 unspecified atom stereocenters. The molecule has 1 aromatic rings. The van der Waals surface area contributed by atoms with Gasteiger partial charge in [-0.3, -0.25) is 4.79 Å². The molecule has 22 heavy (non-hydrogen) atoms. The van der Waals surface area contributed by atoms with Gasteiger partial charge in [-0.15, -0.1) is 0 Å². The van der Waals surface area contributed by atoms with Crippen LogP contribution >= 0.6 is 23.2 Å². The summed E-state index contributed by atoms with van der Waals surface area (Å²) in [5.41, 5.74) is 0.819. The van der Waals surface area contributed by atoms with E-state index in [2.05, 4.69) is 5.32 Å². The Balaban J connectivity index is 1.88. The fraction of sp³-hybridized carbons (Fsp3) is 0.467. The summed E-state index contributed by atoms with van der Waals surface area (Å²) in [5, 5.41) is 3.96. The first-order chi connectivity index (χ1) is 10.5. The number of amides is 3. The van der Waals surface area contributed by atoms with Crippen LogP contribution in [0.1, 0.15) is 18.9 Å². The zero-order valence-electron chi connectivity index (χ0n) is 12.4. The minimum absolute atomic E-state index is 0.0511. The number of nitrogens with one attached hydrogen (secondary N) is 1. The summed E-state index contributed by atoms with van der Waals surface area (Å²) in [7, 11) is 0. The predicted octanol–water partition coefficient (Wildman–Crippen LogP) is 2.76. The lowest BCUT2D eigenvalue weighted by Gasteiger charge is -2.22. The molecule has 0 aliphatic carbocycles. The van der Waals surface area contributed by atoms with Crippen LogP contribution in [0, 0.1) is 0 Å². The van der Waals surface area contributed by atoms with Gasteiger partial charge in [-0.25, -0.2) is 4.79 Å². The molecule has 1 saturated heterocycles. The molecule has 1 heterocycles. The van der Waals surface area contributed by atoms with E-state index in [1.54, 1.807) is 34.9 Å². The molecule has 1 aromatic carbocycles. The van der Waals surface area contributed by atoms with Gasteiger partial charge in [-0.1, -0.05) is 29.3 Å². The van der Waals surface area contributed by atoms with Crippen LogP contribution in [0.4, 0.5) is 4.79 Å². The maximum Gasteiger partial charge on any atom is 0.317 e. The van der Waals surface area contributed by atoms with Crippen molar-refractivity contribution in [2.24, 2.45) is 0 Å². The third-order valence-electron chi connectivity index (χ3n) is 3.67. The normalized spacial score (nSPS) is 15.4. The number of hydrogen-bond acceptors (Lipinski definition) is 2. The summed E-state index contributed by atoms with van der Waals surface area (Å²) in [4.78, 5) is 27.1. The third kappa shape index (κ3) is 4.52. The second-order valence-electron chi connectivity index (χ2n) is 5.24. The molecule has 0 aromatic heterocycles. The summed E-state index contributed by atoms with van der Waals surface area (Å²) in [6, 6.07) is 5.05. The summed E-state index contributed by atoms with van der Waals surface area (Å²) in [6.07, 6.45) is 0.786. The SMILES string of the molecule is CC(=O)N1CCCN(C(=O)NCc2ccc(Cl)cc2Cl)CC1. The van der Waals surface area contributed by atoms with Crippen LogP contribution in [-0.2, 0) is 11.3 Å². The zero-order valence-corrected chi connectivity index (χ0v) is 14.0. The Hall–Kier alpha value is -1.46. The van der Waals surface area contributed by atoms with Crippen LogP contribution < -0.4 is 5.32 Å². The molecule has 0 radical (unpaired) electrons. The van der Waals surface area contributed by atoms with Gasteiger partial charge < -0.3 is 15.1 Å². The number of urea groups is 1. The van der Waals surface area contributed by atoms with Gasteiger partial charge in [0, 0.05) is 49.7 Å². The Kier molecular flexibility index (Phi) is 5.91. The fourth-order valence-corrected chi connectivity index (χ4v) is 2.86. The van der Waals surface area contributed by atoms with Gasteiger partial charge in [0.2, 0.25) is 5.91 Å². The van der Waals surface area contributed by atoms with E-state index in [0.717, 1.165) is 12.0 Å². The average Bonchev–Trinajstić information content (AvgIpc) is 2.72. The first-order valence-corrected chi connectivity index (χ1v) is 7.95. The highest BCUT2D eigenvalue weighted by atomic mass is 35.5. The lowest BCUT2D eigenvalue weighted by atomic mass is 10.2. The zero-order chi connectivity index (χ0) is 16.1. The molecule has 1 N–H and O–H groups in total. The van der Waals surface area contributed by atoms with Crippen molar-refractivity contribution in [3.8, 4) is 0 Å². The second-order valence-corrected chi connectivity index (χ2v) is 6.08. The largest absolute Gasteiger partial charge is 0.341 e. The van der Waals surface area contributed by atoms with E-state index in [0.29, 0.717) is 42.8 Å². The summed E-state index contributed by atoms with van der Waals surface area (Å²) < 4.78 is 0. The van der Waals surface area contributed by atoms with Gasteiger partial charge in [0.25, 0.3) is 0 Å². The minimum Gasteiger partial charge on any atom is -0.341 e. The monoisotopic (exact) mass is 343 g/mol. The van der Waals surface area contributed by atoms with Crippen molar-refractivity contribution in [1.82, 2.24) is 15.1 Å². The molecule has 5 nitrogen and oxygen atoms in total. The van der Waals surface area contributed by atoms with Crippen molar-refractivity contribution in [3.63, 3.8) is 0 Å². The van der Waals surface area contributed by atoms with Gasteiger partial charge in [-0.2, -0.15) is 0 Å².